The van der Waals surface area contributed by atoms with Crippen molar-refractivity contribution < 1.29 is 20.1 Å². The van der Waals surface area contributed by atoms with Gasteiger partial charge in [-0.25, -0.2) is 9.97 Å². The Bertz CT molecular complexity index is 646. The minimum atomic E-state index is -1.18. The van der Waals surface area contributed by atoms with Crippen molar-refractivity contribution in [3.63, 3.8) is 0 Å². The molecule has 1 saturated heterocycles. The number of hydrogen-bond donors (Lipinski definition) is 4. The molecule has 5 N–H and O–H groups in total. The van der Waals surface area contributed by atoms with Gasteiger partial charge in [0.25, 0.3) is 0 Å². The number of aromatic nitrogens is 3. The molecule has 0 amide bonds. The lowest BCUT2D eigenvalue weighted by Crippen LogP contribution is -2.38. The number of hydrogen-bond acceptors (Lipinski definition) is 7. The molecule has 0 radical (unpaired) electrons. The highest BCUT2D eigenvalue weighted by atomic mass is 16.6. The summed E-state index contributed by atoms with van der Waals surface area (Å²) < 4.78 is 7.14. The lowest BCUT2D eigenvalue weighted by atomic mass is 10.0. The molecule has 2 aromatic rings. The van der Waals surface area contributed by atoms with Crippen molar-refractivity contribution >= 4 is 16.9 Å². The van der Waals surface area contributed by atoms with Crippen LogP contribution in [0.5, 0.6) is 0 Å². The molecule has 8 nitrogen and oxygen atoms in total. The summed E-state index contributed by atoms with van der Waals surface area (Å²) in [6.45, 7) is 1.77. The summed E-state index contributed by atoms with van der Waals surface area (Å²) in [5.74, 6) is 0. The summed E-state index contributed by atoms with van der Waals surface area (Å²) in [6.07, 6.45) is -1.54. The van der Waals surface area contributed by atoms with Gasteiger partial charge >= 0.3 is 0 Å². The zero-order chi connectivity index (χ0) is 15.1. The van der Waals surface area contributed by atoms with Gasteiger partial charge in [-0.05, 0) is 12.5 Å². The standard InChI is InChI=1S/C13H18N4O4/c1-2-7(18)11-9(19)10(20)13(21-11)17-5-16-8-6(14)3-4-15-12(8)17/h3-5,7,9-11,13,18-20H,2H2,1H3,(H2,14,15)/t7-,9-,10+,11+,13+/m0/s1. The molecule has 5 atom stereocenters. The molecule has 3 rings (SSSR count). The molecule has 0 bridgehead atoms. The third-order valence-electron chi connectivity index (χ3n) is 3.84. The van der Waals surface area contributed by atoms with Crippen LogP contribution >= 0.6 is 0 Å². The Labute approximate surface area is 120 Å². The van der Waals surface area contributed by atoms with Gasteiger partial charge in [-0.3, -0.25) is 4.57 Å². The van der Waals surface area contributed by atoms with Gasteiger partial charge in [0, 0.05) is 6.20 Å². The van der Waals surface area contributed by atoms with Gasteiger partial charge in [0.1, 0.15) is 23.8 Å². The number of aliphatic hydroxyl groups is 3. The summed E-state index contributed by atoms with van der Waals surface area (Å²) in [4.78, 5) is 8.33. The molecular formula is C13H18N4O4. The molecule has 2 aromatic heterocycles. The molecule has 0 saturated carbocycles. The highest BCUT2D eigenvalue weighted by Gasteiger charge is 2.46. The first kappa shape index (κ1) is 14.2. The molecule has 21 heavy (non-hydrogen) atoms. The lowest BCUT2D eigenvalue weighted by Gasteiger charge is -2.19. The molecular weight excluding hydrogens is 276 g/mol. The summed E-state index contributed by atoms with van der Waals surface area (Å²) in [6, 6.07) is 1.63. The van der Waals surface area contributed by atoms with Crippen LogP contribution in [-0.4, -0.2) is 54.3 Å². The Kier molecular flexibility index (Phi) is 3.54. The normalized spacial score (nSPS) is 30.9. The van der Waals surface area contributed by atoms with Gasteiger partial charge in [-0.15, -0.1) is 0 Å². The third-order valence-corrected chi connectivity index (χ3v) is 3.84. The number of fused-ring (bicyclic) bond motifs is 1. The van der Waals surface area contributed by atoms with Gasteiger partial charge < -0.3 is 25.8 Å². The number of imidazole rings is 1. The highest BCUT2D eigenvalue weighted by Crippen LogP contribution is 2.33. The van der Waals surface area contributed by atoms with Crippen LogP contribution in [-0.2, 0) is 4.74 Å². The third kappa shape index (κ3) is 2.16. The van der Waals surface area contributed by atoms with Crippen molar-refractivity contribution in [1.29, 1.82) is 0 Å². The second-order valence-electron chi connectivity index (χ2n) is 5.17. The molecule has 1 aliphatic rings. The number of rotatable bonds is 3. The quantitative estimate of drug-likeness (QED) is 0.595. The zero-order valence-corrected chi connectivity index (χ0v) is 11.5. The van der Waals surface area contributed by atoms with Crippen molar-refractivity contribution in [2.45, 2.75) is 44.0 Å². The fourth-order valence-corrected chi connectivity index (χ4v) is 2.61. The molecule has 8 heteroatoms. The molecule has 0 aliphatic carbocycles. The van der Waals surface area contributed by atoms with Crippen LogP contribution in [0.1, 0.15) is 19.6 Å². The molecule has 1 aliphatic heterocycles. The minimum Gasteiger partial charge on any atom is -0.397 e. The maximum atomic E-state index is 10.2. The van der Waals surface area contributed by atoms with Crippen LogP contribution in [0.3, 0.4) is 0 Å². The van der Waals surface area contributed by atoms with E-state index in [1.807, 2.05) is 0 Å². The summed E-state index contributed by atoms with van der Waals surface area (Å²) in [7, 11) is 0. The van der Waals surface area contributed by atoms with Gasteiger partial charge in [0.05, 0.1) is 18.1 Å². The smallest absolute Gasteiger partial charge is 0.165 e. The van der Waals surface area contributed by atoms with E-state index in [9.17, 15) is 15.3 Å². The first-order chi connectivity index (χ1) is 10.0. The van der Waals surface area contributed by atoms with Crippen LogP contribution in [0.4, 0.5) is 5.69 Å². The fourth-order valence-electron chi connectivity index (χ4n) is 2.61. The van der Waals surface area contributed by atoms with Crippen molar-refractivity contribution in [3.05, 3.63) is 18.6 Å². The van der Waals surface area contributed by atoms with E-state index in [-0.39, 0.29) is 0 Å². The number of nitrogens with two attached hydrogens (primary N) is 1. The number of nitrogen functional groups attached to an aromatic ring is 1. The van der Waals surface area contributed by atoms with E-state index in [1.54, 1.807) is 13.0 Å². The average molecular weight is 294 g/mol. The van der Waals surface area contributed by atoms with Crippen LogP contribution in [0.2, 0.25) is 0 Å². The van der Waals surface area contributed by atoms with Gasteiger partial charge in [0.15, 0.2) is 11.9 Å². The Balaban J connectivity index is 1.98. The van der Waals surface area contributed by atoms with Gasteiger partial charge in [0.2, 0.25) is 0 Å². The first-order valence-corrected chi connectivity index (χ1v) is 6.81. The van der Waals surface area contributed by atoms with Crippen molar-refractivity contribution in [3.8, 4) is 0 Å². The van der Waals surface area contributed by atoms with E-state index < -0.39 is 30.6 Å². The van der Waals surface area contributed by atoms with E-state index in [0.717, 1.165) is 0 Å². The largest absolute Gasteiger partial charge is 0.397 e. The number of aliphatic hydroxyl groups excluding tert-OH is 3. The predicted molar refractivity (Wildman–Crippen MR) is 74.2 cm³/mol. The zero-order valence-electron chi connectivity index (χ0n) is 11.5. The number of pyridine rings is 1. The van der Waals surface area contributed by atoms with Gasteiger partial charge in [-0.1, -0.05) is 6.92 Å². The summed E-state index contributed by atoms with van der Waals surface area (Å²) in [5, 5.41) is 30.1. The average Bonchev–Trinajstić information content (AvgIpc) is 3.02. The maximum absolute atomic E-state index is 10.2. The molecule has 0 spiro atoms. The maximum Gasteiger partial charge on any atom is 0.165 e. The summed E-state index contributed by atoms with van der Waals surface area (Å²) >= 11 is 0. The molecule has 0 aromatic carbocycles. The van der Waals surface area contributed by atoms with Crippen molar-refractivity contribution in [2.75, 3.05) is 5.73 Å². The van der Waals surface area contributed by atoms with E-state index in [1.165, 1.54) is 17.1 Å². The SMILES string of the molecule is CC[C@H](O)[C@H]1O[C@@H](n2cnc3c(N)ccnc32)[C@H](O)[C@@H]1O. The van der Waals surface area contributed by atoms with E-state index in [4.69, 9.17) is 10.5 Å². The Morgan fingerprint density at radius 3 is 2.86 bits per heavy atom. The van der Waals surface area contributed by atoms with Crippen LogP contribution in [0.25, 0.3) is 11.2 Å². The lowest BCUT2D eigenvalue weighted by molar-refractivity contribution is -0.0840. The Hall–Kier alpha value is -1.74. The number of anilines is 1. The molecule has 0 unspecified atom stereocenters. The van der Waals surface area contributed by atoms with Crippen molar-refractivity contribution in [1.82, 2.24) is 14.5 Å². The molecule has 3 heterocycles. The van der Waals surface area contributed by atoms with E-state index in [0.29, 0.717) is 23.3 Å². The topological polar surface area (TPSA) is 127 Å². The Morgan fingerprint density at radius 2 is 2.14 bits per heavy atom. The number of nitrogens with zero attached hydrogens (tertiary/aromatic N) is 3. The van der Waals surface area contributed by atoms with Gasteiger partial charge in [-0.2, -0.15) is 0 Å². The highest BCUT2D eigenvalue weighted by molar-refractivity contribution is 5.83. The van der Waals surface area contributed by atoms with E-state index >= 15 is 0 Å². The second-order valence-corrected chi connectivity index (χ2v) is 5.17. The van der Waals surface area contributed by atoms with Crippen LogP contribution < -0.4 is 5.73 Å². The second kappa shape index (κ2) is 5.23. The fraction of sp³-hybridized carbons (Fsp3) is 0.538. The molecule has 1 fully saturated rings. The number of ether oxygens (including phenoxy) is 1. The Morgan fingerprint density at radius 1 is 1.38 bits per heavy atom. The van der Waals surface area contributed by atoms with Crippen LogP contribution in [0.15, 0.2) is 18.6 Å². The van der Waals surface area contributed by atoms with E-state index in [2.05, 4.69) is 9.97 Å². The predicted octanol–water partition coefficient (Wildman–Crippen LogP) is -0.596. The molecule has 114 valence electrons. The summed E-state index contributed by atoms with van der Waals surface area (Å²) in [5.41, 5.74) is 7.25. The van der Waals surface area contributed by atoms with Crippen LogP contribution in [0, 0.1) is 0 Å². The van der Waals surface area contributed by atoms with Crippen molar-refractivity contribution in [2.24, 2.45) is 0 Å². The first-order valence-electron chi connectivity index (χ1n) is 6.81. The monoisotopic (exact) mass is 294 g/mol. The minimum absolute atomic E-state index is 0.414.